The van der Waals surface area contributed by atoms with E-state index in [1.165, 1.54) is 0 Å². The van der Waals surface area contributed by atoms with Crippen LogP contribution in [0.25, 0.3) is 0 Å². The standard InChI is InChI=1S/C8H15BrO2S/c1-8(2,6-9)3-7-4-12(10,11)5-7/h7H,3-6H2,1-2H3. The predicted octanol–water partition coefficient (Wildman–Crippen LogP) is 1.84. The van der Waals surface area contributed by atoms with Crippen LogP contribution in [0, 0.1) is 11.3 Å². The normalized spacial score (nSPS) is 23.6. The van der Waals surface area contributed by atoms with Gasteiger partial charge in [-0.1, -0.05) is 29.8 Å². The van der Waals surface area contributed by atoms with Crippen molar-refractivity contribution in [3.8, 4) is 0 Å². The van der Waals surface area contributed by atoms with Crippen molar-refractivity contribution >= 4 is 25.8 Å². The molecule has 0 radical (unpaired) electrons. The zero-order chi connectivity index (χ0) is 9.41. The summed E-state index contributed by atoms with van der Waals surface area (Å²) >= 11 is 3.43. The Morgan fingerprint density at radius 3 is 2.25 bits per heavy atom. The molecule has 1 saturated heterocycles. The number of hydrogen-bond donors (Lipinski definition) is 0. The van der Waals surface area contributed by atoms with E-state index in [9.17, 15) is 8.42 Å². The van der Waals surface area contributed by atoms with Gasteiger partial charge in [0.25, 0.3) is 0 Å². The number of hydrogen-bond acceptors (Lipinski definition) is 2. The van der Waals surface area contributed by atoms with Gasteiger partial charge in [0.05, 0.1) is 11.5 Å². The highest BCUT2D eigenvalue weighted by Gasteiger charge is 2.36. The van der Waals surface area contributed by atoms with Gasteiger partial charge in [-0.3, -0.25) is 0 Å². The third-order valence-corrected chi connectivity index (χ3v) is 5.66. The van der Waals surface area contributed by atoms with Gasteiger partial charge in [-0.15, -0.1) is 0 Å². The van der Waals surface area contributed by atoms with E-state index in [1.54, 1.807) is 0 Å². The fraction of sp³-hybridized carbons (Fsp3) is 1.00. The molecule has 12 heavy (non-hydrogen) atoms. The molecule has 1 heterocycles. The lowest BCUT2D eigenvalue weighted by Crippen LogP contribution is -2.39. The molecule has 0 aromatic heterocycles. The summed E-state index contributed by atoms with van der Waals surface area (Å²) in [5.41, 5.74) is 0.237. The number of halogens is 1. The van der Waals surface area contributed by atoms with Crippen LogP contribution in [0.1, 0.15) is 20.3 Å². The zero-order valence-electron chi connectivity index (χ0n) is 7.51. The Morgan fingerprint density at radius 2 is 1.92 bits per heavy atom. The average molecular weight is 255 g/mol. The molecule has 1 fully saturated rings. The van der Waals surface area contributed by atoms with Crippen molar-refractivity contribution in [2.24, 2.45) is 11.3 Å². The summed E-state index contributed by atoms with van der Waals surface area (Å²) in [5.74, 6) is 1.22. The highest BCUT2D eigenvalue weighted by atomic mass is 79.9. The lowest BCUT2D eigenvalue weighted by atomic mass is 9.86. The molecule has 0 amide bonds. The van der Waals surface area contributed by atoms with Crippen LogP contribution in [0.2, 0.25) is 0 Å². The summed E-state index contributed by atoms with van der Waals surface area (Å²) < 4.78 is 21.7. The van der Waals surface area contributed by atoms with Crippen molar-refractivity contribution in [2.45, 2.75) is 20.3 Å². The maximum Gasteiger partial charge on any atom is 0.150 e. The van der Waals surface area contributed by atoms with Crippen LogP contribution in [0.3, 0.4) is 0 Å². The van der Waals surface area contributed by atoms with E-state index in [0.29, 0.717) is 17.4 Å². The van der Waals surface area contributed by atoms with E-state index in [0.717, 1.165) is 11.8 Å². The molecule has 0 atom stereocenters. The van der Waals surface area contributed by atoms with Gasteiger partial charge < -0.3 is 0 Å². The van der Waals surface area contributed by atoms with Gasteiger partial charge in [-0.2, -0.15) is 0 Å². The Labute approximate surface area is 82.8 Å². The van der Waals surface area contributed by atoms with Gasteiger partial charge in [0.15, 0.2) is 9.84 Å². The summed E-state index contributed by atoms with van der Waals surface area (Å²) in [4.78, 5) is 0. The lowest BCUT2D eigenvalue weighted by Gasteiger charge is -2.32. The van der Waals surface area contributed by atoms with Crippen molar-refractivity contribution < 1.29 is 8.42 Å². The van der Waals surface area contributed by atoms with Crippen LogP contribution < -0.4 is 0 Å². The molecule has 1 aliphatic rings. The molecule has 0 bridgehead atoms. The van der Waals surface area contributed by atoms with Crippen LogP contribution in [-0.4, -0.2) is 25.3 Å². The van der Waals surface area contributed by atoms with E-state index in [-0.39, 0.29) is 5.41 Å². The van der Waals surface area contributed by atoms with Crippen LogP contribution in [0.5, 0.6) is 0 Å². The maximum absolute atomic E-state index is 10.9. The van der Waals surface area contributed by atoms with E-state index in [4.69, 9.17) is 0 Å². The van der Waals surface area contributed by atoms with Crippen molar-refractivity contribution in [1.29, 1.82) is 0 Å². The molecule has 0 spiro atoms. The Bertz CT molecular complexity index is 244. The molecular formula is C8H15BrO2S. The average Bonchev–Trinajstić information content (AvgIpc) is 1.83. The first-order valence-corrected chi connectivity index (χ1v) is 7.05. The van der Waals surface area contributed by atoms with E-state index < -0.39 is 9.84 Å². The van der Waals surface area contributed by atoms with Gasteiger partial charge in [0, 0.05) is 5.33 Å². The molecule has 1 rings (SSSR count). The molecule has 0 aromatic rings. The first kappa shape index (κ1) is 10.5. The fourth-order valence-electron chi connectivity index (χ4n) is 1.62. The first-order valence-electron chi connectivity index (χ1n) is 4.11. The van der Waals surface area contributed by atoms with Crippen molar-refractivity contribution in [3.63, 3.8) is 0 Å². The van der Waals surface area contributed by atoms with E-state index in [2.05, 4.69) is 29.8 Å². The first-order chi connectivity index (χ1) is 5.35. The molecule has 0 saturated carbocycles. The SMILES string of the molecule is CC(C)(CBr)CC1CS(=O)(=O)C1. The largest absolute Gasteiger partial charge is 0.229 e. The van der Waals surface area contributed by atoms with Crippen LogP contribution in [0.4, 0.5) is 0 Å². The summed E-state index contributed by atoms with van der Waals surface area (Å²) in [5, 5.41) is 0.941. The molecule has 0 N–H and O–H groups in total. The zero-order valence-corrected chi connectivity index (χ0v) is 9.91. The second-order valence-corrected chi connectivity index (χ2v) is 7.16. The maximum atomic E-state index is 10.9. The number of alkyl halides is 1. The molecule has 4 heteroatoms. The topological polar surface area (TPSA) is 34.1 Å². The summed E-state index contributed by atoms with van der Waals surface area (Å²) in [7, 11) is -2.63. The van der Waals surface area contributed by atoms with Crippen molar-refractivity contribution in [1.82, 2.24) is 0 Å². The molecular weight excluding hydrogens is 240 g/mol. The van der Waals surface area contributed by atoms with Gasteiger partial charge in [0.2, 0.25) is 0 Å². The van der Waals surface area contributed by atoms with Gasteiger partial charge in [-0.05, 0) is 17.8 Å². The van der Waals surface area contributed by atoms with Crippen LogP contribution >= 0.6 is 15.9 Å². The number of rotatable bonds is 3. The van der Waals surface area contributed by atoms with E-state index >= 15 is 0 Å². The third kappa shape index (κ3) is 2.73. The molecule has 72 valence electrons. The van der Waals surface area contributed by atoms with Gasteiger partial charge >= 0.3 is 0 Å². The van der Waals surface area contributed by atoms with Gasteiger partial charge in [-0.25, -0.2) is 8.42 Å². The minimum absolute atomic E-state index is 0.237. The van der Waals surface area contributed by atoms with Crippen molar-refractivity contribution in [2.75, 3.05) is 16.8 Å². The summed E-state index contributed by atoms with van der Waals surface area (Å²) in [6.45, 7) is 4.32. The Kier molecular flexibility index (Phi) is 2.88. The molecule has 0 aromatic carbocycles. The fourth-order valence-corrected chi connectivity index (χ4v) is 3.43. The quantitative estimate of drug-likeness (QED) is 0.721. The Hall–Kier alpha value is 0.430. The smallest absolute Gasteiger partial charge is 0.150 e. The highest BCUT2D eigenvalue weighted by Crippen LogP contribution is 2.33. The summed E-state index contributed by atoms with van der Waals surface area (Å²) in [6, 6.07) is 0. The third-order valence-electron chi connectivity index (χ3n) is 2.18. The monoisotopic (exact) mass is 254 g/mol. The van der Waals surface area contributed by atoms with Crippen LogP contribution in [0.15, 0.2) is 0 Å². The second-order valence-electron chi connectivity index (χ2n) is 4.44. The minimum Gasteiger partial charge on any atom is -0.229 e. The second kappa shape index (κ2) is 3.29. The molecule has 2 nitrogen and oxygen atoms in total. The lowest BCUT2D eigenvalue weighted by molar-refractivity contribution is 0.319. The predicted molar refractivity (Wildman–Crippen MR) is 54.3 cm³/mol. The molecule has 1 aliphatic heterocycles. The molecule has 0 unspecified atom stereocenters. The Morgan fingerprint density at radius 1 is 1.42 bits per heavy atom. The summed E-state index contributed by atoms with van der Waals surface area (Å²) in [6.07, 6.45) is 1.01. The molecule has 0 aliphatic carbocycles. The van der Waals surface area contributed by atoms with Crippen LogP contribution in [-0.2, 0) is 9.84 Å². The highest BCUT2D eigenvalue weighted by molar-refractivity contribution is 9.09. The minimum atomic E-state index is -2.63. The Balaban J connectivity index is 2.37. The number of sulfone groups is 1. The van der Waals surface area contributed by atoms with E-state index in [1.807, 2.05) is 0 Å². The van der Waals surface area contributed by atoms with Crippen molar-refractivity contribution in [3.05, 3.63) is 0 Å². The van der Waals surface area contributed by atoms with Gasteiger partial charge in [0.1, 0.15) is 0 Å².